The van der Waals surface area contributed by atoms with Crippen molar-refractivity contribution in [2.24, 2.45) is 0 Å². The van der Waals surface area contributed by atoms with Gasteiger partial charge in [0, 0.05) is 12.6 Å². The van der Waals surface area contributed by atoms with E-state index in [1.807, 2.05) is 71.6 Å². The normalized spacial score (nSPS) is 14.7. The van der Waals surface area contributed by atoms with Crippen LogP contribution in [0.4, 0.5) is 11.5 Å². The lowest BCUT2D eigenvalue weighted by Crippen LogP contribution is -2.38. The van der Waals surface area contributed by atoms with Gasteiger partial charge in [0.25, 0.3) is 0 Å². The van der Waals surface area contributed by atoms with Gasteiger partial charge in [0.05, 0.1) is 33.7 Å². The summed E-state index contributed by atoms with van der Waals surface area (Å²) in [6.07, 6.45) is 1.20. The van der Waals surface area contributed by atoms with Gasteiger partial charge in [-0.05, 0) is 53.8 Å². The van der Waals surface area contributed by atoms with Crippen LogP contribution in [0.15, 0.2) is 83.7 Å². The number of hydrogen-bond donors (Lipinski definition) is 1. The van der Waals surface area contributed by atoms with Crippen molar-refractivity contribution in [1.82, 2.24) is 9.38 Å². The molecule has 0 bridgehead atoms. The number of nitro groups is 1. The van der Waals surface area contributed by atoms with Crippen LogP contribution in [0.25, 0.3) is 26.1 Å². The number of nitrogens with zero attached hydrogens (tertiary/aromatic N) is 4. The number of rotatable bonds is 6. The second-order valence-electron chi connectivity index (χ2n) is 10.4. The summed E-state index contributed by atoms with van der Waals surface area (Å²) in [7, 11) is 1.61. The number of aromatic nitrogens is 2. The minimum atomic E-state index is -1.39. The molecule has 0 amide bonds. The molecule has 0 saturated heterocycles. The van der Waals surface area contributed by atoms with Gasteiger partial charge in [-0.15, -0.1) is 11.3 Å². The Morgan fingerprint density at radius 1 is 1.12 bits per heavy atom. The Kier molecular flexibility index (Phi) is 6.32. The molecule has 0 aliphatic carbocycles. The fourth-order valence-electron chi connectivity index (χ4n) is 6.06. The van der Waals surface area contributed by atoms with Crippen molar-refractivity contribution >= 4 is 54.9 Å². The molecule has 6 aromatic rings. The van der Waals surface area contributed by atoms with Crippen LogP contribution in [0.5, 0.6) is 5.75 Å². The lowest BCUT2D eigenvalue weighted by Gasteiger charge is -2.38. The molecule has 1 atom stereocenters. The molecule has 4 heterocycles. The quantitative estimate of drug-likeness (QED) is 0.184. The summed E-state index contributed by atoms with van der Waals surface area (Å²) < 4.78 is 7.73. The van der Waals surface area contributed by atoms with Gasteiger partial charge in [0.15, 0.2) is 5.65 Å². The Bertz CT molecular complexity index is 2150. The summed E-state index contributed by atoms with van der Waals surface area (Å²) in [6, 6.07) is 24.0. The van der Waals surface area contributed by atoms with E-state index in [2.05, 4.69) is 6.07 Å². The molecule has 0 radical (unpaired) electrons. The molecule has 7 rings (SSSR count). The number of thiazole rings is 1. The maximum absolute atomic E-state index is 13.6. The highest BCUT2D eigenvalue weighted by Gasteiger charge is 2.34. The maximum Gasteiger partial charge on any atom is 0.342 e. The van der Waals surface area contributed by atoms with Crippen molar-refractivity contribution in [3.63, 3.8) is 0 Å². The number of carboxylic acids is 1. The predicted octanol–water partition coefficient (Wildman–Crippen LogP) is 6.02. The molecule has 43 heavy (non-hydrogen) atoms. The number of ether oxygens (including phenoxy) is 1. The van der Waals surface area contributed by atoms with Crippen LogP contribution in [0.1, 0.15) is 33.1 Å². The van der Waals surface area contributed by atoms with Crippen LogP contribution in [0.2, 0.25) is 0 Å². The first-order chi connectivity index (χ1) is 20.9. The zero-order chi connectivity index (χ0) is 29.8. The molecule has 3 aromatic carbocycles. The van der Waals surface area contributed by atoms with Gasteiger partial charge >= 0.3 is 11.7 Å². The average molecular weight is 593 g/mol. The van der Waals surface area contributed by atoms with E-state index in [0.717, 1.165) is 27.1 Å². The van der Waals surface area contributed by atoms with E-state index < -0.39 is 21.9 Å². The molecule has 3 aromatic heterocycles. The maximum atomic E-state index is 13.6. The fraction of sp³-hybridized carbons (Fsp3) is 0.156. The molecule has 10 nitrogen and oxygen atoms in total. The smallest absolute Gasteiger partial charge is 0.342 e. The van der Waals surface area contributed by atoms with E-state index in [1.165, 1.54) is 17.4 Å². The Morgan fingerprint density at radius 2 is 1.86 bits per heavy atom. The fourth-order valence-corrected chi connectivity index (χ4v) is 7.23. The van der Waals surface area contributed by atoms with Crippen LogP contribution in [0.3, 0.4) is 0 Å². The Hall–Kier alpha value is -5.29. The van der Waals surface area contributed by atoms with Gasteiger partial charge in [-0.1, -0.05) is 48.5 Å². The van der Waals surface area contributed by atoms with Crippen molar-refractivity contribution in [2.45, 2.75) is 18.9 Å². The minimum absolute atomic E-state index is 0.113. The Balaban J connectivity index is 1.50. The number of carboxylic acid groups (broad SMARTS) is 1. The molecule has 1 N–H and O–H groups in total. The monoisotopic (exact) mass is 592 g/mol. The molecule has 0 spiro atoms. The van der Waals surface area contributed by atoms with E-state index in [-0.39, 0.29) is 33.4 Å². The zero-order valence-electron chi connectivity index (χ0n) is 22.9. The van der Waals surface area contributed by atoms with E-state index in [9.17, 15) is 24.8 Å². The number of carbonyl (C=O) groups is 1. The summed E-state index contributed by atoms with van der Waals surface area (Å²) in [5.74, 6) is -0.526. The summed E-state index contributed by atoms with van der Waals surface area (Å²) in [6.45, 7) is 0.465. The third-order valence-electron chi connectivity index (χ3n) is 8.06. The second kappa shape index (κ2) is 10.2. The third kappa shape index (κ3) is 4.28. The van der Waals surface area contributed by atoms with E-state index in [1.54, 1.807) is 11.5 Å². The topological polar surface area (TPSA) is 127 Å². The molecule has 1 unspecified atom stereocenters. The highest BCUT2D eigenvalue weighted by atomic mass is 32.1. The number of benzene rings is 3. The van der Waals surface area contributed by atoms with Gasteiger partial charge in [-0.3, -0.25) is 19.3 Å². The van der Waals surface area contributed by atoms with E-state index >= 15 is 0 Å². The van der Waals surface area contributed by atoms with Gasteiger partial charge < -0.3 is 14.7 Å². The molecular weight excluding hydrogens is 568 g/mol. The van der Waals surface area contributed by atoms with Crippen molar-refractivity contribution in [1.29, 1.82) is 0 Å². The number of pyridine rings is 2. The molecule has 0 saturated carbocycles. The highest BCUT2D eigenvalue weighted by Crippen LogP contribution is 2.41. The van der Waals surface area contributed by atoms with Gasteiger partial charge in [-0.25, -0.2) is 9.78 Å². The van der Waals surface area contributed by atoms with Crippen molar-refractivity contribution < 1.29 is 19.6 Å². The minimum Gasteiger partial charge on any atom is -0.497 e. The van der Waals surface area contributed by atoms with Crippen molar-refractivity contribution in [2.75, 3.05) is 18.6 Å². The average Bonchev–Trinajstić information content (AvgIpc) is 3.40. The summed E-state index contributed by atoms with van der Waals surface area (Å²) >= 11 is 1.18. The first-order valence-corrected chi connectivity index (χ1v) is 14.4. The first-order valence-electron chi connectivity index (χ1n) is 13.6. The summed E-state index contributed by atoms with van der Waals surface area (Å²) in [5, 5.41) is 22.4. The number of methoxy groups -OCH3 is 1. The number of fused-ring (bicyclic) bond motifs is 6. The van der Waals surface area contributed by atoms with E-state index in [4.69, 9.17) is 9.72 Å². The number of hydrogen-bond acceptors (Lipinski definition) is 8. The van der Waals surface area contributed by atoms with Crippen LogP contribution in [-0.2, 0) is 12.8 Å². The highest BCUT2D eigenvalue weighted by molar-refractivity contribution is 7.24. The summed E-state index contributed by atoms with van der Waals surface area (Å²) in [5.41, 5.74) is 2.51. The Morgan fingerprint density at radius 3 is 2.60 bits per heavy atom. The molecule has 11 heteroatoms. The van der Waals surface area contributed by atoms with Crippen LogP contribution in [-0.4, -0.2) is 39.0 Å². The molecule has 1 aliphatic heterocycles. The lowest BCUT2D eigenvalue weighted by molar-refractivity contribution is -0.384. The standard InChI is InChI=1S/C32H24N4O6S/c1-42-20-12-10-18(11-13-20)16-24-21-7-3-2-6-19(21)14-15-34(24)30-25(36(40)41)17-22-28(37)27(32(38)39)31-35(29(22)33-30)23-8-4-5-9-26(23)43-31/h2-13,17,24H,14-16H2,1H3,(H,38,39). The van der Waals surface area contributed by atoms with Gasteiger partial charge in [-0.2, -0.15) is 0 Å². The van der Waals surface area contributed by atoms with Crippen molar-refractivity contribution in [3.05, 3.63) is 121 Å². The number of anilines is 1. The van der Waals surface area contributed by atoms with Crippen LogP contribution < -0.4 is 15.1 Å². The SMILES string of the molecule is COc1ccc(CC2c3ccccc3CCN2c2nc3c(cc2[N+](=O)[O-])c(=O)c(C(=O)O)c2sc4ccccc4n23)cc1. The van der Waals surface area contributed by atoms with Crippen LogP contribution in [0, 0.1) is 10.1 Å². The molecule has 0 fully saturated rings. The predicted molar refractivity (Wildman–Crippen MR) is 165 cm³/mol. The second-order valence-corrected chi connectivity index (χ2v) is 11.4. The van der Waals surface area contributed by atoms with Crippen LogP contribution >= 0.6 is 11.3 Å². The summed E-state index contributed by atoms with van der Waals surface area (Å²) in [4.78, 5) is 44.9. The zero-order valence-corrected chi connectivity index (χ0v) is 23.7. The van der Waals surface area contributed by atoms with Crippen molar-refractivity contribution in [3.8, 4) is 5.75 Å². The van der Waals surface area contributed by atoms with Gasteiger partial charge in [0.2, 0.25) is 11.2 Å². The van der Waals surface area contributed by atoms with Gasteiger partial charge in [0.1, 0.15) is 16.1 Å². The molecule has 1 aliphatic rings. The first kappa shape index (κ1) is 26.6. The largest absolute Gasteiger partial charge is 0.497 e. The number of aromatic carboxylic acids is 1. The third-order valence-corrected chi connectivity index (χ3v) is 9.20. The molecule has 214 valence electrons. The number of para-hydroxylation sites is 1. The Labute approximate surface area is 248 Å². The lowest BCUT2D eigenvalue weighted by atomic mass is 9.88. The van der Waals surface area contributed by atoms with E-state index in [0.29, 0.717) is 24.9 Å². The molecular formula is C32H24N4O6S.